The Bertz CT molecular complexity index is 246. The number of rotatable bonds is 3. The topological polar surface area (TPSA) is 108 Å². The molecule has 4 unspecified atom stereocenters. The van der Waals surface area contributed by atoms with E-state index in [1.54, 1.807) is 6.92 Å². The zero-order valence-electron chi connectivity index (χ0n) is 9.21. The minimum atomic E-state index is -2.01. The van der Waals surface area contributed by atoms with Crippen LogP contribution in [0.3, 0.4) is 0 Å². The van der Waals surface area contributed by atoms with Crippen molar-refractivity contribution in [1.29, 1.82) is 0 Å². The van der Waals surface area contributed by atoms with Crippen LogP contribution in [0.5, 0.6) is 0 Å². The third-order valence-electron chi connectivity index (χ3n) is 2.42. The van der Waals surface area contributed by atoms with Crippen molar-refractivity contribution in [2.45, 2.75) is 44.5 Å². The highest BCUT2D eigenvalue weighted by molar-refractivity contribution is 5.73. The van der Waals surface area contributed by atoms with Gasteiger partial charge in [-0.05, 0) is 6.92 Å². The second-order valence-corrected chi connectivity index (χ2v) is 3.81. The molecule has 1 saturated heterocycles. The first-order chi connectivity index (χ1) is 7.38. The Morgan fingerprint density at radius 3 is 2.75 bits per heavy atom. The molecule has 0 aromatic rings. The van der Waals surface area contributed by atoms with Gasteiger partial charge in [0.2, 0.25) is 5.91 Å². The summed E-state index contributed by atoms with van der Waals surface area (Å²) in [5.74, 6) is -2.31. The summed E-state index contributed by atoms with van der Waals surface area (Å²) in [6.07, 6.45) is -1.89. The highest BCUT2D eigenvalue weighted by Gasteiger charge is 2.45. The van der Waals surface area contributed by atoms with Gasteiger partial charge in [0.25, 0.3) is 5.97 Å². The monoisotopic (exact) mass is 235 g/mol. The van der Waals surface area contributed by atoms with Crippen molar-refractivity contribution in [3.8, 4) is 0 Å². The summed E-state index contributed by atoms with van der Waals surface area (Å²) in [5.41, 5.74) is 0. The predicted octanol–water partition coefficient (Wildman–Crippen LogP) is -1.73. The quantitative estimate of drug-likeness (QED) is 0.433. The van der Waals surface area contributed by atoms with Crippen LogP contribution in [-0.4, -0.2) is 52.2 Å². The van der Waals surface area contributed by atoms with Crippen molar-refractivity contribution in [2.24, 2.45) is 0 Å². The van der Waals surface area contributed by atoms with Crippen molar-refractivity contribution in [3.63, 3.8) is 0 Å². The lowest BCUT2D eigenvalue weighted by atomic mass is 9.98. The molecule has 0 aromatic carbocycles. The van der Waals surface area contributed by atoms with Gasteiger partial charge in [0, 0.05) is 6.92 Å². The molecule has 1 aliphatic heterocycles. The number of hydrogen-bond acceptors (Lipinski definition) is 6. The van der Waals surface area contributed by atoms with Gasteiger partial charge in [0.05, 0.1) is 24.7 Å². The van der Waals surface area contributed by atoms with Gasteiger partial charge < -0.3 is 30.1 Å². The standard InChI is InChI=1S/C9H17NO6/c1-5-8(10-6(2)12)7(13)3-9(14,16-5)15-4-11/h5,7-8,11,13-14H,3-4H2,1-2H3,(H,10,12). The summed E-state index contributed by atoms with van der Waals surface area (Å²) in [6.45, 7) is 2.18. The van der Waals surface area contributed by atoms with E-state index in [0.29, 0.717) is 0 Å². The van der Waals surface area contributed by atoms with E-state index in [1.807, 2.05) is 0 Å². The highest BCUT2D eigenvalue weighted by Crippen LogP contribution is 2.28. The van der Waals surface area contributed by atoms with Crippen molar-refractivity contribution in [1.82, 2.24) is 5.32 Å². The van der Waals surface area contributed by atoms with Gasteiger partial charge in [-0.25, -0.2) is 0 Å². The Morgan fingerprint density at radius 2 is 2.31 bits per heavy atom. The van der Waals surface area contributed by atoms with Crippen LogP contribution in [0.2, 0.25) is 0 Å². The van der Waals surface area contributed by atoms with Gasteiger partial charge in [-0.1, -0.05) is 0 Å². The van der Waals surface area contributed by atoms with Crippen LogP contribution < -0.4 is 5.32 Å². The summed E-state index contributed by atoms with van der Waals surface area (Å²) in [5, 5.41) is 30.5. The third-order valence-corrected chi connectivity index (χ3v) is 2.42. The fraction of sp³-hybridized carbons (Fsp3) is 0.889. The second kappa shape index (κ2) is 5.07. The van der Waals surface area contributed by atoms with Crippen molar-refractivity contribution < 1.29 is 29.6 Å². The summed E-state index contributed by atoms with van der Waals surface area (Å²) in [6, 6.07) is -0.611. The van der Waals surface area contributed by atoms with Crippen LogP contribution in [-0.2, 0) is 14.3 Å². The van der Waals surface area contributed by atoms with Crippen LogP contribution in [0.4, 0.5) is 0 Å². The normalized spacial score (nSPS) is 39.4. The zero-order valence-corrected chi connectivity index (χ0v) is 9.21. The maximum atomic E-state index is 10.9. The van der Waals surface area contributed by atoms with E-state index in [0.717, 1.165) is 0 Å². The van der Waals surface area contributed by atoms with Gasteiger partial charge in [0.15, 0.2) is 0 Å². The van der Waals surface area contributed by atoms with E-state index >= 15 is 0 Å². The van der Waals surface area contributed by atoms with Crippen LogP contribution in [0.15, 0.2) is 0 Å². The van der Waals surface area contributed by atoms with Gasteiger partial charge in [-0.2, -0.15) is 0 Å². The Balaban J connectivity index is 2.66. The summed E-state index contributed by atoms with van der Waals surface area (Å²) in [4.78, 5) is 10.9. The van der Waals surface area contributed by atoms with Crippen molar-refractivity contribution in [3.05, 3.63) is 0 Å². The molecule has 0 bridgehead atoms. The lowest BCUT2D eigenvalue weighted by Gasteiger charge is -2.42. The van der Waals surface area contributed by atoms with E-state index in [9.17, 15) is 15.0 Å². The zero-order chi connectivity index (χ0) is 12.3. The molecule has 16 heavy (non-hydrogen) atoms. The van der Waals surface area contributed by atoms with E-state index in [-0.39, 0.29) is 12.3 Å². The first-order valence-corrected chi connectivity index (χ1v) is 4.98. The summed E-state index contributed by atoms with van der Waals surface area (Å²) < 4.78 is 9.68. The van der Waals surface area contributed by atoms with E-state index in [1.165, 1.54) is 6.92 Å². The molecule has 1 aliphatic rings. The number of carbonyl (C=O) groups is 1. The smallest absolute Gasteiger partial charge is 0.285 e. The molecule has 0 radical (unpaired) electrons. The number of amides is 1. The number of aliphatic hydroxyl groups excluding tert-OH is 2. The lowest BCUT2D eigenvalue weighted by Crippen LogP contribution is -2.60. The largest absolute Gasteiger partial charge is 0.391 e. The molecule has 7 heteroatoms. The maximum Gasteiger partial charge on any atom is 0.285 e. The highest BCUT2D eigenvalue weighted by atomic mass is 16.8. The molecule has 7 nitrogen and oxygen atoms in total. The minimum Gasteiger partial charge on any atom is -0.391 e. The fourth-order valence-electron chi connectivity index (χ4n) is 1.76. The Kier molecular flexibility index (Phi) is 4.22. The molecule has 0 aliphatic carbocycles. The average Bonchev–Trinajstić information content (AvgIpc) is 2.11. The van der Waals surface area contributed by atoms with Gasteiger partial charge in [-0.3, -0.25) is 4.79 Å². The Hall–Kier alpha value is -0.730. The minimum absolute atomic E-state index is 0.247. The summed E-state index contributed by atoms with van der Waals surface area (Å²) in [7, 11) is 0. The third kappa shape index (κ3) is 3.13. The first-order valence-electron chi connectivity index (χ1n) is 4.98. The molecule has 0 aromatic heterocycles. The van der Waals surface area contributed by atoms with E-state index in [4.69, 9.17) is 9.84 Å². The Morgan fingerprint density at radius 1 is 1.69 bits per heavy atom. The molecule has 4 N–H and O–H groups in total. The number of nitrogens with one attached hydrogen (secondary N) is 1. The van der Waals surface area contributed by atoms with Crippen LogP contribution in [0, 0.1) is 0 Å². The van der Waals surface area contributed by atoms with Gasteiger partial charge in [0.1, 0.15) is 6.79 Å². The van der Waals surface area contributed by atoms with Crippen LogP contribution in [0.1, 0.15) is 20.3 Å². The Labute approximate surface area is 93.0 Å². The fourth-order valence-corrected chi connectivity index (χ4v) is 1.76. The van der Waals surface area contributed by atoms with Crippen molar-refractivity contribution >= 4 is 5.91 Å². The maximum absolute atomic E-state index is 10.9. The molecule has 1 amide bonds. The average molecular weight is 235 g/mol. The SMILES string of the molecule is CC(=O)NC1C(O)CC(O)(OCO)OC1C. The number of hydrogen-bond donors (Lipinski definition) is 4. The number of carbonyl (C=O) groups excluding carboxylic acids is 1. The summed E-state index contributed by atoms with van der Waals surface area (Å²) >= 11 is 0. The molecule has 94 valence electrons. The van der Waals surface area contributed by atoms with Crippen LogP contribution in [0.25, 0.3) is 0 Å². The van der Waals surface area contributed by atoms with Gasteiger partial charge >= 0.3 is 0 Å². The van der Waals surface area contributed by atoms with E-state index in [2.05, 4.69) is 10.1 Å². The molecule has 1 rings (SSSR count). The first kappa shape index (κ1) is 13.3. The molecular weight excluding hydrogens is 218 g/mol. The van der Waals surface area contributed by atoms with Crippen molar-refractivity contribution in [2.75, 3.05) is 6.79 Å². The molecule has 4 atom stereocenters. The molecular formula is C9H17NO6. The molecule has 1 fully saturated rings. The molecule has 0 saturated carbocycles. The predicted molar refractivity (Wildman–Crippen MR) is 51.9 cm³/mol. The van der Waals surface area contributed by atoms with Gasteiger partial charge in [-0.15, -0.1) is 0 Å². The molecule has 0 spiro atoms. The second-order valence-electron chi connectivity index (χ2n) is 3.81. The molecule has 1 heterocycles. The lowest BCUT2D eigenvalue weighted by molar-refractivity contribution is -0.413. The number of ether oxygens (including phenoxy) is 2. The van der Waals surface area contributed by atoms with Crippen LogP contribution >= 0.6 is 0 Å². The van der Waals surface area contributed by atoms with E-state index < -0.39 is 31.0 Å². The number of aliphatic hydroxyl groups is 3.